The van der Waals surface area contributed by atoms with Crippen molar-refractivity contribution in [1.82, 2.24) is 14.6 Å². The number of nitrogens with one attached hydrogen (secondary N) is 1. The van der Waals surface area contributed by atoms with Crippen molar-refractivity contribution in [3.05, 3.63) is 47.9 Å². The Hall–Kier alpha value is -3.17. The van der Waals surface area contributed by atoms with E-state index in [-0.39, 0.29) is 24.7 Å². The smallest absolute Gasteiger partial charge is 0.261 e. The van der Waals surface area contributed by atoms with Crippen molar-refractivity contribution < 1.29 is 19.4 Å². The molecule has 2 aliphatic rings. The van der Waals surface area contributed by atoms with Crippen molar-refractivity contribution in [1.29, 1.82) is 0 Å². The molecule has 1 unspecified atom stereocenters. The molecule has 5 rings (SSSR count). The Morgan fingerprint density at radius 2 is 2.30 bits per heavy atom. The van der Waals surface area contributed by atoms with E-state index in [1.54, 1.807) is 23.0 Å². The quantitative estimate of drug-likeness (QED) is 0.673. The first-order chi connectivity index (χ1) is 14.6. The van der Waals surface area contributed by atoms with Crippen LogP contribution in [0.5, 0.6) is 5.75 Å². The van der Waals surface area contributed by atoms with Gasteiger partial charge in [0.25, 0.3) is 5.91 Å². The number of aliphatic hydroxyl groups excluding tert-OH is 1. The monoisotopic (exact) mass is 409 g/mol. The van der Waals surface area contributed by atoms with Crippen LogP contribution in [0.4, 0.5) is 11.4 Å². The zero-order valence-corrected chi connectivity index (χ0v) is 16.6. The molecule has 2 N–H and O–H groups in total. The molecule has 1 aromatic carbocycles. The highest BCUT2D eigenvalue weighted by Crippen LogP contribution is 2.39. The number of ether oxygens (including phenoxy) is 2. The maximum Gasteiger partial charge on any atom is 0.261 e. The van der Waals surface area contributed by atoms with Gasteiger partial charge in [0, 0.05) is 43.5 Å². The van der Waals surface area contributed by atoms with E-state index in [1.807, 2.05) is 19.1 Å². The number of nitrogens with zero attached hydrogens (tertiary/aromatic N) is 4. The van der Waals surface area contributed by atoms with E-state index in [0.717, 1.165) is 17.0 Å². The van der Waals surface area contributed by atoms with Gasteiger partial charge >= 0.3 is 0 Å². The fraction of sp³-hybridized carbons (Fsp3) is 0.381. The lowest BCUT2D eigenvalue weighted by atomic mass is 10.1. The second-order valence-corrected chi connectivity index (χ2v) is 7.63. The Morgan fingerprint density at radius 3 is 3.13 bits per heavy atom. The van der Waals surface area contributed by atoms with Gasteiger partial charge in [-0.05, 0) is 19.1 Å². The molecule has 0 saturated carbocycles. The third kappa shape index (κ3) is 3.35. The van der Waals surface area contributed by atoms with E-state index in [2.05, 4.69) is 20.3 Å². The van der Waals surface area contributed by atoms with Gasteiger partial charge in [0.2, 0.25) is 0 Å². The molecule has 2 aromatic heterocycles. The van der Waals surface area contributed by atoms with Gasteiger partial charge in [0.05, 0.1) is 36.9 Å². The highest BCUT2D eigenvalue weighted by Gasteiger charge is 2.28. The molecule has 9 nitrogen and oxygen atoms in total. The molecule has 3 aromatic rings. The van der Waals surface area contributed by atoms with Gasteiger partial charge in [-0.3, -0.25) is 4.79 Å². The SMILES string of the molecule is C[C@H]1CN(c2cc3c(cc2NC(=O)c2cnn4cccnc24)CC(CO)O3)CCO1. The zero-order valence-electron chi connectivity index (χ0n) is 16.6. The van der Waals surface area contributed by atoms with Crippen molar-refractivity contribution in [2.24, 2.45) is 0 Å². The van der Waals surface area contributed by atoms with E-state index in [1.165, 1.54) is 6.20 Å². The lowest BCUT2D eigenvalue weighted by molar-refractivity contribution is 0.0532. The van der Waals surface area contributed by atoms with Crippen LogP contribution in [0, 0.1) is 0 Å². The number of aliphatic hydroxyl groups is 1. The number of carbonyl (C=O) groups excluding carboxylic acids is 1. The number of rotatable bonds is 4. The van der Waals surface area contributed by atoms with Crippen LogP contribution in [0.25, 0.3) is 5.65 Å². The topological polar surface area (TPSA) is 101 Å². The Kier molecular flexibility index (Phi) is 4.76. The summed E-state index contributed by atoms with van der Waals surface area (Å²) < 4.78 is 13.1. The Bertz CT molecular complexity index is 1100. The Morgan fingerprint density at radius 1 is 1.40 bits per heavy atom. The molecular formula is C21H23N5O4. The lowest BCUT2D eigenvalue weighted by Crippen LogP contribution is -2.41. The minimum absolute atomic E-state index is 0.0473. The van der Waals surface area contributed by atoms with Gasteiger partial charge in [0.15, 0.2) is 5.65 Å². The second-order valence-electron chi connectivity index (χ2n) is 7.63. The van der Waals surface area contributed by atoms with Crippen molar-refractivity contribution >= 4 is 22.9 Å². The summed E-state index contributed by atoms with van der Waals surface area (Å²) in [6.45, 7) is 4.02. The summed E-state index contributed by atoms with van der Waals surface area (Å²) in [5.74, 6) is 0.475. The fourth-order valence-corrected chi connectivity index (χ4v) is 4.03. The van der Waals surface area contributed by atoms with E-state index >= 15 is 0 Å². The van der Waals surface area contributed by atoms with E-state index < -0.39 is 0 Å². The molecule has 9 heteroatoms. The predicted octanol–water partition coefficient (Wildman–Crippen LogP) is 1.50. The normalized spacial score (nSPS) is 20.8. The molecule has 1 fully saturated rings. The molecule has 0 radical (unpaired) electrons. The summed E-state index contributed by atoms with van der Waals surface area (Å²) in [6, 6.07) is 5.65. The first-order valence-electron chi connectivity index (χ1n) is 10.0. The second kappa shape index (κ2) is 7.58. The highest BCUT2D eigenvalue weighted by molar-refractivity contribution is 6.09. The van der Waals surface area contributed by atoms with Crippen molar-refractivity contribution in [2.75, 3.05) is 36.5 Å². The fourth-order valence-electron chi connectivity index (χ4n) is 4.03. The number of hydrogen-bond acceptors (Lipinski definition) is 7. The molecule has 0 aliphatic carbocycles. The van der Waals surface area contributed by atoms with Gasteiger partial charge in [-0.2, -0.15) is 5.10 Å². The Labute approximate surface area is 173 Å². The first kappa shape index (κ1) is 18.8. The molecule has 2 aliphatic heterocycles. The highest BCUT2D eigenvalue weighted by atomic mass is 16.5. The van der Waals surface area contributed by atoms with Gasteiger partial charge < -0.3 is 24.8 Å². The van der Waals surface area contributed by atoms with Crippen molar-refractivity contribution in [3.63, 3.8) is 0 Å². The average molecular weight is 409 g/mol. The predicted molar refractivity (Wildman–Crippen MR) is 110 cm³/mol. The Balaban J connectivity index is 1.50. The van der Waals surface area contributed by atoms with Crippen molar-refractivity contribution in [3.8, 4) is 5.75 Å². The molecule has 0 spiro atoms. The van der Waals surface area contributed by atoms with Crippen LogP contribution < -0.4 is 15.0 Å². The van der Waals surface area contributed by atoms with E-state index in [4.69, 9.17) is 9.47 Å². The summed E-state index contributed by atoms with van der Waals surface area (Å²) in [5.41, 5.74) is 3.45. The van der Waals surface area contributed by atoms with E-state index in [9.17, 15) is 9.90 Å². The van der Waals surface area contributed by atoms with Crippen LogP contribution in [0.3, 0.4) is 0 Å². The van der Waals surface area contributed by atoms with Gasteiger partial charge in [-0.25, -0.2) is 9.50 Å². The van der Waals surface area contributed by atoms with Gasteiger partial charge in [-0.1, -0.05) is 0 Å². The molecule has 1 saturated heterocycles. The van der Waals surface area contributed by atoms with Crippen LogP contribution in [0.15, 0.2) is 36.8 Å². The standard InChI is InChI=1S/C21H23N5O4/c1-13-11-25(5-6-29-13)18-9-19-14(7-15(12-27)30-19)8-17(18)24-21(28)16-10-23-26-4-2-3-22-20(16)26/h2-4,8-10,13,15,27H,5-7,11-12H2,1H3,(H,24,28)/t13-,15?/m0/s1. The number of aromatic nitrogens is 3. The van der Waals surface area contributed by atoms with Crippen LogP contribution in [0.1, 0.15) is 22.8 Å². The summed E-state index contributed by atoms with van der Waals surface area (Å²) in [6.07, 6.45) is 5.34. The van der Waals surface area contributed by atoms with E-state index in [0.29, 0.717) is 43.0 Å². The number of carbonyl (C=O) groups is 1. The summed E-state index contributed by atoms with van der Waals surface area (Å²) in [4.78, 5) is 19.5. The van der Waals surface area contributed by atoms with Crippen LogP contribution in [-0.4, -0.2) is 64.1 Å². The number of benzene rings is 1. The molecule has 4 heterocycles. The maximum atomic E-state index is 13.1. The molecule has 30 heavy (non-hydrogen) atoms. The van der Waals surface area contributed by atoms with Crippen LogP contribution in [0.2, 0.25) is 0 Å². The minimum Gasteiger partial charge on any atom is -0.487 e. The van der Waals surface area contributed by atoms with Gasteiger partial charge in [-0.15, -0.1) is 0 Å². The molecule has 156 valence electrons. The third-order valence-electron chi connectivity index (χ3n) is 5.48. The number of morpholine rings is 1. The number of fused-ring (bicyclic) bond motifs is 2. The molecular weight excluding hydrogens is 386 g/mol. The zero-order chi connectivity index (χ0) is 20.7. The molecule has 1 amide bonds. The summed E-state index contributed by atoms with van der Waals surface area (Å²) in [7, 11) is 0. The minimum atomic E-state index is -0.274. The largest absolute Gasteiger partial charge is 0.487 e. The third-order valence-corrected chi connectivity index (χ3v) is 5.48. The summed E-state index contributed by atoms with van der Waals surface area (Å²) >= 11 is 0. The number of amides is 1. The van der Waals surface area contributed by atoms with Crippen LogP contribution in [-0.2, 0) is 11.2 Å². The summed E-state index contributed by atoms with van der Waals surface area (Å²) in [5, 5.41) is 16.7. The van der Waals surface area contributed by atoms with Gasteiger partial charge in [0.1, 0.15) is 17.4 Å². The average Bonchev–Trinajstić information content (AvgIpc) is 3.36. The lowest BCUT2D eigenvalue weighted by Gasteiger charge is -2.34. The first-order valence-corrected chi connectivity index (χ1v) is 10.0. The maximum absolute atomic E-state index is 13.1. The van der Waals surface area contributed by atoms with Crippen molar-refractivity contribution in [2.45, 2.75) is 25.6 Å². The van der Waals surface area contributed by atoms with Crippen LogP contribution >= 0.6 is 0 Å². The number of hydrogen-bond donors (Lipinski definition) is 2. The number of anilines is 2. The molecule has 2 atom stereocenters. The molecule has 0 bridgehead atoms.